The zero-order valence-electron chi connectivity index (χ0n) is 43.3. The molecule has 0 fully saturated rings. The molecule has 0 amide bonds. The first kappa shape index (κ1) is 30.2. The van der Waals surface area contributed by atoms with Gasteiger partial charge in [-0.15, -0.1) is 54.1 Å². The van der Waals surface area contributed by atoms with Crippen LogP contribution in [0.2, 0.25) is 0 Å². The summed E-state index contributed by atoms with van der Waals surface area (Å²) in [6.45, 7) is 7.95. The van der Waals surface area contributed by atoms with Crippen molar-refractivity contribution >= 4 is 22.1 Å². The molecule has 0 bridgehead atoms. The molecule has 7 aromatic rings. The third-order valence-electron chi connectivity index (χ3n) is 9.63. The molecular weight excluding hydrogens is 875 g/mol. The molecule has 1 aliphatic carbocycles. The molecule has 1 radical (unpaired) electrons. The van der Waals surface area contributed by atoms with Crippen LogP contribution in [0.1, 0.15) is 120 Å². The summed E-state index contributed by atoms with van der Waals surface area (Å²) in [5.41, 5.74) is 6.39. The Morgan fingerprint density at radius 2 is 1.68 bits per heavy atom. The van der Waals surface area contributed by atoms with Gasteiger partial charge in [0.25, 0.3) is 0 Å². The Bertz CT molecular complexity index is 2950. The maximum Gasteiger partial charge on any atom is 0.216 e. The number of hydrogen-bond acceptors (Lipinski definition) is 4. The van der Waals surface area contributed by atoms with Gasteiger partial charge in [-0.3, -0.25) is 0 Å². The summed E-state index contributed by atoms with van der Waals surface area (Å²) in [6.07, 6.45) is 9.93. The second-order valence-electron chi connectivity index (χ2n) is 15.6. The number of pyridine rings is 3. The van der Waals surface area contributed by atoms with Crippen molar-refractivity contribution < 1.29 is 38.2 Å². The smallest absolute Gasteiger partial charge is 0.216 e. The fourth-order valence-electron chi connectivity index (χ4n) is 7.11. The van der Waals surface area contributed by atoms with Crippen LogP contribution in [0.4, 0.5) is 0 Å². The molecule has 4 aromatic heterocycles. The van der Waals surface area contributed by atoms with Crippen LogP contribution in [0.5, 0.6) is 0 Å². The first-order valence-electron chi connectivity index (χ1n) is 23.9. The van der Waals surface area contributed by atoms with E-state index in [-0.39, 0.29) is 42.7 Å². The van der Waals surface area contributed by atoms with Crippen molar-refractivity contribution in [2.75, 3.05) is 0 Å². The minimum atomic E-state index is -2.59. The average molecular weight is 938 g/mol. The monoisotopic (exact) mass is 938 g/mol. The van der Waals surface area contributed by atoms with E-state index < -0.39 is 37.3 Å². The number of benzene rings is 3. The van der Waals surface area contributed by atoms with Gasteiger partial charge in [0.15, 0.2) is 0 Å². The van der Waals surface area contributed by atoms with E-state index in [4.69, 9.17) is 21.7 Å². The summed E-state index contributed by atoms with van der Waals surface area (Å²) in [7, 11) is 0. The SMILES string of the molecule is [2H]C([2H])([2H])c1cc(-c2[c-]ccc3c2oc2nc(-c4c(C([2H])(C)C)ccc(C5C=CC=CC5)c4C([2H])(C)C)ccc23)ncc1C([2H])([2H])C(C)(C)C.[2H]C([2H])([2H])c1ccc(-c2[c-]cccc2)nc1.[Ir]. The maximum absolute atomic E-state index is 9.32. The van der Waals surface area contributed by atoms with Gasteiger partial charge < -0.3 is 14.4 Å². The molecule has 5 heteroatoms. The number of fused-ring (bicyclic) bond motifs is 3. The van der Waals surface area contributed by atoms with E-state index in [1.54, 1.807) is 45.0 Å². The van der Waals surface area contributed by atoms with Crippen LogP contribution in [-0.4, -0.2) is 15.0 Å². The Morgan fingerprint density at radius 1 is 0.860 bits per heavy atom. The summed E-state index contributed by atoms with van der Waals surface area (Å²) in [6, 6.07) is 29.9. The van der Waals surface area contributed by atoms with Gasteiger partial charge in [0.2, 0.25) is 5.71 Å². The number of rotatable bonds is 7. The van der Waals surface area contributed by atoms with E-state index in [1.165, 1.54) is 18.5 Å². The fourth-order valence-corrected chi connectivity index (χ4v) is 7.11. The summed E-state index contributed by atoms with van der Waals surface area (Å²) in [5.74, 6) is -1.90. The summed E-state index contributed by atoms with van der Waals surface area (Å²) >= 11 is 0. The number of furan rings is 1. The molecule has 1 unspecified atom stereocenters. The number of nitrogens with zero attached hydrogens (tertiary/aromatic N) is 3. The van der Waals surface area contributed by atoms with Crippen LogP contribution < -0.4 is 0 Å². The molecule has 4 nitrogen and oxygen atoms in total. The van der Waals surface area contributed by atoms with Crippen molar-refractivity contribution in [3.8, 4) is 33.8 Å². The molecule has 293 valence electrons. The van der Waals surface area contributed by atoms with Crippen molar-refractivity contribution in [3.05, 3.63) is 161 Å². The third-order valence-corrected chi connectivity index (χ3v) is 9.63. The van der Waals surface area contributed by atoms with Crippen LogP contribution in [0.15, 0.2) is 120 Å². The minimum absolute atomic E-state index is 0. The van der Waals surface area contributed by atoms with Gasteiger partial charge in [0.1, 0.15) is 0 Å². The van der Waals surface area contributed by atoms with Crippen molar-refractivity contribution in [2.24, 2.45) is 5.41 Å². The van der Waals surface area contributed by atoms with Gasteiger partial charge in [-0.05, 0) is 95.0 Å². The molecule has 4 heterocycles. The second-order valence-corrected chi connectivity index (χ2v) is 15.6. The van der Waals surface area contributed by atoms with Crippen LogP contribution >= 0.6 is 0 Å². The summed E-state index contributed by atoms with van der Waals surface area (Å²) in [5, 5.41) is 1.49. The van der Waals surface area contributed by atoms with Gasteiger partial charge in [-0.25, -0.2) is 4.98 Å². The van der Waals surface area contributed by atoms with Gasteiger partial charge in [-0.2, -0.15) is 0 Å². The predicted molar refractivity (Wildman–Crippen MR) is 234 cm³/mol. The molecule has 1 atom stereocenters. The Labute approximate surface area is 367 Å². The second kappa shape index (κ2) is 17.7. The van der Waals surface area contributed by atoms with Crippen LogP contribution in [0.3, 0.4) is 0 Å². The average Bonchev–Trinajstić information content (AvgIpc) is 3.63. The molecule has 3 aromatic carbocycles. The first-order chi connectivity index (χ1) is 30.7. The number of aryl methyl sites for hydroxylation is 2. The standard InChI is InChI=1S/C40H43N2O.C12H10N.Ir/c1-24(2)29-17-18-30(27-13-10-9-11-14-27)36(25(3)4)37(29)34-20-19-32-31-15-12-16-33(38(31)43-39(32)42-34)35-21-26(5)28(23-41-35)22-40(6,7)8;1-10-7-8-12(13-9-10)11-5-3-2-4-6-11;/h9-13,15,17-21,23-25,27H,14,22H2,1-8H3;2-5,7-9H,1H3;/q2*-1;/i5D3,22D2,24D,25D;1D3;. The molecule has 8 rings (SSSR count). The minimum Gasteiger partial charge on any atom is -0.486 e. The van der Waals surface area contributed by atoms with E-state index in [2.05, 4.69) is 40.3 Å². The van der Waals surface area contributed by atoms with Crippen molar-refractivity contribution in [2.45, 2.75) is 92.7 Å². The van der Waals surface area contributed by atoms with E-state index in [1.807, 2.05) is 82.3 Å². The van der Waals surface area contributed by atoms with Crippen molar-refractivity contribution in [1.29, 1.82) is 0 Å². The van der Waals surface area contributed by atoms with Crippen LogP contribution in [-0.2, 0) is 26.5 Å². The largest absolute Gasteiger partial charge is 0.486 e. The van der Waals surface area contributed by atoms with E-state index in [0.29, 0.717) is 28.2 Å². The first-order valence-corrected chi connectivity index (χ1v) is 18.9. The molecular formula is C52H53IrN3O-2. The number of hydrogen-bond donors (Lipinski definition) is 0. The van der Waals surface area contributed by atoms with E-state index >= 15 is 0 Å². The Balaban J connectivity index is 0.000000367. The Hall–Kier alpha value is -4.96. The number of aromatic nitrogens is 3. The maximum atomic E-state index is 9.32. The Morgan fingerprint density at radius 3 is 2.35 bits per heavy atom. The predicted octanol–water partition coefficient (Wildman–Crippen LogP) is 14.1. The van der Waals surface area contributed by atoms with Gasteiger partial charge in [0, 0.05) is 63.1 Å². The quantitative estimate of drug-likeness (QED) is 0.149. The van der Waals surface area contributed by atoms with Crippen molar-refractivity contribution in [3.63, 3.8) is 0 Å². The molecule has 0 saturated carbocycles. The van der Waals surface area contributed by atoms with E-state index in [9.17, 15) is 1.37 Å². The van der Waals surface area contributed by atoms with Gasteiger partial charge >= 0.3 is 0 Å². The molecule has 0 spiro atoms. The number of allylic oxidation sites excluding steroid dienone is 4. The Kier molecular flexibility index (Phi) is 9.35. The molecule has 57 heavy (non-hydrogen) atoms. The van der Waals surface area contributed by atoms with Crippen LogP contribution in [0, 0.1) is 31.3 Å². The van der Waals surface area contributed by atoms with Gasteiger partial charge in [-0.1, -0.05) is 120 Å². The summed E-state index contributed by atoms with van der Waals surface area (Å²) in [4.78, 5) is 13.7. The fraction of sp³-hybridized carbons (Fsp3) is 0.288. The summed E-state index contributed by atoms with van der Waals surface area (Å²) < 4.78 is 89.0. The molecule has 1 aliphatic rings. The molecule has 0 aliphatic heterocycles. The molecule has 0 N–H and O–H groups in total. The topological polar surface area (TPSA) is 51.8 Å². The zero-order valence-corrected chi connectivity index (χ0v) is 35.7. The van der Waals surface area contributed by atoms with Crippen molar-refractivity contribution in [1.82, 2.24) is 15.0 Å². The normalized spacial score (nSPS) is 17.6. The van der Waals surface area contributed by atoms with Crippen LogP contribution in [0.25, 0.3) is 55.8 Å². The molecule has 0 saturated heterocycles. The third kappa shape index (κ3) is 9.27. The van der Waals surface area contributed by atoms with E-state index in [0.717, 1.165) is 50.7 Å². The zero-order chi connectivity index (χ0) is 48.2. The van der Waals surface area contributed by atoms with Gasteiger partial charge in [0.05, 0.1) is 11.3 Å².